The van der Waals surface area contributed by atoms with Crippen LogP contribution in [-0.2, 0) is 6.54 Å². The number of aromatic nitrogens is 1. The lowest BCUT2D eigenvalue weighted by Gasteiger charge is -2.36. The highest BCUT2D eigenvalue weighted by molar-refractivity contribution is 5.94. The molecule has 0 aliphatic carbocycles. The third kappa shape index (κ3) is 4.49. The lowest BCUT2D eigenvalue weighted by molar-refractivity contribution is 0.0780. The Balaban J connectivity index is 1.24. The summed E-state index contributed by atoms with van der Waals surface area (Å²) < 4.78 is 2.04. The van der Waals surface area contributed by atoms with Gasteiger partial charge in [0.1, 0.15) is 5.69 Å². The summed E-state index contributed by atoms with van der Waals surface area (Å²) in [6.45, 7) is 6.88. The molecule has 1 N–H and O–H groups in total. The van der Waals surface area contributed by atoms with Gasteiger partial charge in [-0.1, -0.05) is 18.2 Å². The number of aliphatic hydroxyl groups is 1. The minimum Gasteiger partial charge on any atom is -0.388 e. The number of benzene rings is 1. The standard InChI is InChI=1S/C23H32N4O2/c1-24-13-10-21(28)20-9-14-27(22(20)23(24)29)12-6-5-11-25-15-17-26(18-16-25)19-7-3-2-4-8-19/h2-4,7-9,14,21,28H,5-6,10-13,15-18H2,1H3. The third-order valence-corrected chi connectivity index (χ3v) is 6.26. The number of piperazine rings is 1. The number of carbonyl (C=O) groups excluding carboxylic acids is 1. The van der Waals surface area contributed by atoms with Crippen LogP contribution in [0.2, 0.25) is 0 Å². The molecule has 1 aromatic heterocycles. The largest absolute Gasteiger partial charge is 0.388 e. The van der Waals surface area contributed by atoms with Crippen LogP contribution in [0.15, 0.2) is 42.6 Å². The van der Waals surface area contributed by atoms with Crippen LogP contribution in [0.3, 0.4) is 0 Å². The minimum absolute atomic E-state index is 0.0265. The van der Waals surface area contributed by atoms with Crippen molar-refractivity contribution in [2.75, 3.05) is 51.2 Å². The highest BCUT2D eigenvalue weighted by Gasteiger charge is 2.28. The maximum absolute atomic E-state index is 12.7. The predicted octanol–water partition coefficient (Wildman–Crippen LogP) is 2.60. The smallest absolute Gasteiger partial charge is 0.270 e. The maximum atomic E-state index is 12.7. The Labute approximate surface area is 173 Å². The molecule has 1 saturated heterocycles. The number of aryl methyl sites for hydroxylation is 1. The van der Waals surface area contributed by atoms with Gasteiger partial charge < -0.3 is 19.5 Å². The fourth-order valence-corrected chi connectivity index (χ4v) is 4.43. The zero-order valence-corrected chi connectivity index (χ0v) is 17.3. The maximum Gasteiger partial charge on any atom is 0.270 e. The molecule has 4 rings (SSSR count). The summed E-state index contributed by atoms with van der Waals surface area (Å²) in [6, 6.07) is 12.6. The average molecular weight is 397 g/mol. The van der Waals surface area contributed by atoms with Crippen molar-refractivity contribution in [1.82, 2.24) is 14.4 Å². The first-order valence-corrected chi connectivity index (χ1v) is 10.8. The summed E-state index contributed by atoms with van der Waals surface area (Å²) >= 11 is 0. The Morgan fingerprint density at radius 3 is 2.45 bits per heavy atom. The molecule has 0 saturated carbocycles. The molecular weight excluding hydrogens is 364 g/mol. The van der Waals surface area contributed by atoms with Gasteiger partial charge >= 0.3 is 0 Å². The van der Waals surface area contributed by atoms with Crippen molar-refractivity contribution in [2.45, 2.75) is 31.9 Å². The molecule has 1 atom stereocenters. The predicted molar refractivity (Wildman–Crippen MR) is 115 cm³/mol. The Morgan fingerprint density at radius 1 is 0.966 bits per heavy atom. The van der Waals surface area contributed by atoms with E-state index < -0.39 is 6.10 Å². The third-order valence-electron chi connectivity index (χ3n) is 6.26. The van der Waals surface area contributed by atoms with Gasteiger partial charge in [-0.15, -0.1) is 0 Å². The van der Waals surface area contributed by atoms with Crippen LogP contribution < -0.4 is 4.90 Å². The van der Waals surface area contributed by atoms with E-state index >= 15 is 0 Å². The summed E-state index contributed by atoms with van der Waals surface area (Å²) in [5.41, 5.74) is 2.78. The number of unbranched alkanes of at least 4 members (excludes halogenated alkanes) is 1. The van der Waals surface area contributed by atoms with Crippen LogP contribution in [0, 0.1) is 0 Å². The topological polar surface area (TPSA) is 52.0 Å². The van der Waals surface area contributed by atoms with E-state index in [-0.39, 0.29) is 5.91 Å². The van der Waals surface area contributed by atoms with Gasteiger partial charge in [0.2, 0.25) is 0 Å². The molecule has 1 unspecified atom stereocenters. The monoisotopic (exact) mass is 396 g/mol. The van der Waals surface area contributed by atoms with E-state index in [4.69, 9.17) is 0 Å². The summed E-state index contributed by atoms with van der Waals surface area (Å²) in [7, 11) is 1.82. The van der Waals surface area contributed by atoms with E-state index in [1.165, 1.54) is 5.69 Å². The first kappa shape index (κ1) is 20.0. The van der Waals surface area contributed by atoms with Crippen LogP contribution in [0.4, 0.5) is 5.69 Å². The number of anilines is 1. The van der Waals surface area contributed by atoms with Crippen LogP contribution in [0.25, 0.3) is 0 Å². The molecular formula is C23H32N4O2. The number of para-hydroxylation sites is 1. The molecule has 6 nitrogen and oxygen atoms in total. The second kappa shape index (κ2) is 9.01. The van der Waals surface area contributed by atoms with E-state index in [0.717, 1.165) is 57.7 Å². The molecule has 0 spiro atoms. The van der Waals surface area contributed by atoms with Crippen LogP contribution in [0.5, 0.6) is 0 Å². The van der Waals surface area contributed by atoms with Crippen molar-refractivity contribution in [3.8, 4) is 0 Å². The molecule has 3 heterocycles. The van der Waals surface area contributed by atoms with Gasteiger partial charge in [0, 0.05) is 63.8 Å². The molecule has 2 aromatic rings. The molecule has 29 heavy (non-hydrogen) atoms. The number of fused-ring (bicyclic) bond motifs is 1. The van der Waals surface area contributed by atoms with Crippen molar-refractivity contribution >= 4 is 11.6 Å². The van der Waals surface area contributed by atoms with Gasteiger partial charge in [0.15, 0.2) is 0 Å². The van der Waals surface area contributed by atoms with Gasteiger partial charge in [-0.3, -0.25) is 9.69 Å². The normalized spacial score (nSPS) is 20.6. The molecule has 1 aromatic carbocycles. The molecule has 6 heteroatoms. The van der Waals surface area contributed by atoms with Gasteiger partial charge in [-0.2, -0.15) is 0 Å². The fraction of sp³-hybridized carbons (Fsp3) is 0.522. The van der Waals surface area contributed by atoms with E-state index in [2.05, 4.69) is 40.1 Å². The van der Waals surface area contributed by atoms with E-state index in [1.54, 1.807) is 4.90 Å². The molecule has 2 aliphatic heterocycles. The number of amides is 1. The van der Waals surface area contributed by atoms with Crippen LogP contribution >= 0.6 is 0 Å². The Morgan fingerprint density at radius 2 is 1.69 bits per heavy atom. The van der Waals surface area contributed by atoms with Crippen molar-refractivity contribution in [3.63, 3.8) is 0 Å². The number of nitrogens with zero attached hydrogens (tertiary/aromatic N) is 4. The quantitative estimate of drug-likeness (QED) is 0.763. The Hall–Kier alpha value is -2.31. The molecule has 1 amide bonds. The number of hydrogen-bond acceptors (Lipinski definition) is 4. The van der Waals surface area contributed by atoms with Gasteiger partial charge in [-0.25, -0.2) is 0 Å². The summed E-state index contributed by atoms with van der Waals surface area (Å²) in [5.74, 6) is 0.0265. The second-order valence-corrected chi connectivity index (χ2v) is 8.22. The molecule has 0 bridgehead atoms. The van der Waals surface area contributed by atoms with Gasteiger partial charge in [0.25, 0.3) is 5.91 Å². The van der Waals surface area contributed by atoms with Crippen LogP contribution in [-0.4, -0.2) is 71.7 Å². The lowest BCUT2D eigenvalue weighted by atomic mass is 10.1. The number of carbonyl (C=O) groups is 1. The SMILES string of the molecule is CN1CCC(O)c2ccn(CCCCN3CCN(c4ccccc4)CC3)c2C1=O. The summed E-state index contributed by atoms with van der Waals surface area (Å²) in [4.78, 5) is 19.4. The van der Waals surface area contributed by atoms with Crippen molar-refractivity contribution in [1.29, 1.82) is 0 Å². The number of hydrogen-bond donors (Lipinski definition) is 1. The van der Waals surface area contributed by atoms with Gasteiger partial charge in [-0.05, 0) is 44.0 Å². The number of aliphatic hydroxyl groups excluding tert-OH is 1. The molecule has 2 aliphatic rings. The summed E-state index contributed by atoms with van der Waals surface area (Å²) in [6.07, 6.45) is 4.18. The zero-order chi connectivity index (χ0) is 20.2. The summed E-state index contributed by atoms with van der Waals surface area (Å²) in [5, 5.41) is 10.3. The van der Waals surface area contributed by atoms with E-state index in [0.29, 0.717) is 18.7 Å². The highest BCUT2D eigenvalue weighted by atomic mass is 16.3. The van der Waals surface area contributed by atoms with Crippen LogP contribution in [0.1, 0.15) is 41.4 Å². The van der Waals surface area contributed by atoms with Crippen molar-refractivity contribution < 1.29 is 9.90 Å². The number of rotatable bonds is 6. The fourth-order valence-electron chi connectivity index (χ4n) is 4.43. The Bertz CT molecular complexity index is 812. The minimum atomic E-state index is -0.541. The second-order valence-electron chi connectivity index (χ2n) is 8.22. The van der Waals surface area contributed by atoms with Crippen molar-refractivity contribution in [3.05, 3.63) is 53.9 Å². The van der Waals surface area contributed by atoms with E-state index in [9.17, 15) is 9.90 Å². The average Bonchev–Trinajstić information content (AvgIpc) is 3.15. The molecule has 1 fully saturated rings. The van der Waals surface area contributed by atoms with E-state index in [1.807, 2.05) is 23.9 Å². The molecule has 156 valence electrons. The first-order valence-electron chi connectivity index (χ1n) is 10.8. The highest BCUT2D eigenvalue weighted by Crippen LogP contribution is 2.27. The zero-order valence-electron chi connectivity index (χ0n) is 17.3. The van der Waals surface area contributed by atoms with Gasteiger partial charge in [0.05, 0.1) is 6.10 Å². The first-order chi connectivity index (χ1) is 14.1. The Kier molecular flexibility index (Phi) is 6.21. The van der Waals surface area contributed by atoms with Crippen molar-refractivity contribution in [2.24, 2.45) is 0 Å². The molecule has 0 radical (unpaired) electrons. The lowest BCUT2D eigenvalue weighted by Crippen LogP contribution is -2.46.